The predicted octanol–water partition coefficient (Wildman–Crippen LogP) is 6.47. The molecule has 0 radical (unpaired) electrons. The Bertz CT molecular complexity index is 463. The van der Waals surface area contributed by atoms with E-state index in [4.69, 9.17) is 0 Å². The summed E-state index contributed by atoms with van der Waals surface area (Å²) in [4.78, 5) is 8.02. The van der Waals surface area contributed by atoms with Crippen LogP contribution >= 0.6 is 0 Å². The summed E-state index contributed by atoms with van der Waals surface area (Å²) in [5, 5.41) is 0. The van der Waals surface area contributed by atoms with E-state index in [2.05, 4.69) is 42.5 Å². The second-order valence-corrected chi connectivity index (χ2v) is 25.1. The van der Waals surface area contributed by atoms with Crippen LogP contribution in [-0.2, 0) is 0 Å². The quantitative estimate of drug-likeness (QED) is 0.461. The first-order valence-electron chi connectivity index (χ1n) is 9.82. The first-order chi connectivity index (χ1) is 10.1. The van der Waals surface area contributed by atoms with Gasteiger partial charge in [0.2, 0.25) is 0 Å². The summed E-state index contributed by atoms with van der Waals surface area (Å²) < 4.78 is 2.02. The zero-order valence-corrected chi connectivity index (χ0v) is 19.0. The van der Waals surface area contributed by atoms with Crippen molar-refractivity contribution in [2.24, 2.45) is 22.7 Å². The van der Waals surface area contributed by atoms with Crippen molar-refractivity contribution in [2.45, 2.75) is 87.3 Å². The van der Waals surface area contributed by atoms with Crippen molar-refractivity contribution in [3.63, 3.8) is 0 Å². The molecule has 3 heterocycles. The van der Waals surface area contributed by atoms with Gasteiger partial charge in [0.15, 0.2) is 0 Å². The zero-order chi connectivity index (χ0) is 16.3. The number of fused-ring (bicyclic) bond motifs is 1. The van der Waals surface area contributed by atoms with Crippen LogP contribution < -0.4 is 0 Å². The number of hydrogen-bond acceptors (Lipinski definition) is 0. The van der Waals surface area contributed by atoms with E-state index in [1.54, 1.807) is 6.42 Å². The van der Waals surface area contributed by atoms with Gasteiger partial charge >= 0.3 is 144 Å². The third kappa shape index (κ3) is 2.86. The van der Waals surface area contributed by atoms with Gasteiger partial charge in [-0.05, 0) is 0 Å². The molecule has 0 aromatic heterocycles. The summed E-state index contributed by atoms with van der Waals surface area (Å²) in [6.45, 7) is 11.0. The first-order valence-corrected chi connectivity index (χ1v) is 19.8. The summed E-state index contributed by atoms with van der Waals surface area (Å²) in [5.41, 5.74) is 3.05. The molecule has 0 N–H and O–H groups in total. The second kappa shape index (κ2) is 5.56. The minimum absolute atomic E-state index is 0.397. The molecule has 0 amide bonds. The third-order valence-corrected chi connectivity index (χ3v) is 14.2. The van der Waals surface area contributed by atoms with E-state index in [1.807, 2.05) is 9.06 Å². The number of rotatable bonds is 2. The van der Waals surface area contributed by atoms with Gasteiger partial charge in [-0.2, -0.15) is 0 Å². The Kier molecular flexibility index (Phi) is 4.41. The fourth-order valence-corrected chi connectivity index (χ4v) is 17.0. The molecule has 1 aliphatic carbocycles. The van der Waals surface area contributed by atoms with Crippen LogP contribution in [0.4, 0.5) is 0 Å². The maximum atomic E-state index is 2.67. The van der Waals surface area contributed by atoms with Crippen LogP contribution in [0.3, 0.4) is 0 Å². The predicted molar refractivity (Wildman–Crippen MR) is 103 cm³/mol. The summed E-state index contributed by atoms with van der Waals surface area (Å²) >= 11 is -2.10. The summed E-state index contributed by atoms with van der Waals surface area (Å²) in [5.74, 6) is 2.12. The number of hydrogen-bond donors (Lipinski definition) is 0. The fourth-order valence-electron chi connectivity index (χ4n) is 6.93. The average molecular weight is 407 g/mol. The molecule has 3 aliphatic heterocycles. The van der Waals surface area contributed by atoms with Crippen LogP contribution in [0.25, 0.3) is 0 Å². The maximum absolute atomic E-state index is 2.67. The van der Waals surface area contributed by atoms with Crippen molar-refractivity contribution in [3.05, 3.63) is 9.06 Å². The average Bonchev–Trinajstić information content (AvgIpc) is 2.54. The minimum atomic E-state index is -2.10. The van der Waals surface area contributed by atoms with Gasteiger partial charge in [-0.3, -0.25) is 0 Å². The molecule has 0 spiro atoms. The van der Waals surface area contributed by atoms with Gasteiger partial charge in [0, 0.05) is 0 Å². The van der Waals surface area contributed by atoms with E-state index in [1.165, 1.54) is 38.3 Å². The van der Waals surface area contributed by atoms with Gasteiger partial charge in [-0.25, -0.2) is 0 Å². The molecule has 3 atom stereocenters. The number of allylic oxidation sites excluding steroid dienone is 2. The van der Waals surface area contributed by atoms with Gasteiger partial charge in [-0.1, -0.05) is 0 Å². The molecule has 0 unspecified atom stereocenters. The van der Waals surface area contributed by atoms with Crippen LogP contribution in [0, 0.1) is 22.7 Å². The summed E-state index contributed by atoms with van der Waals surface area (Å²) in [6, 6.07) is 0. The molecule has 0 nitrogen and oxygen atoms in total. The van der Waals surface area contributed by atoms with Gasteiger partial charge in [0.05, 0.1) is 0 Å². The Morgan fingerprint density at radius 2 is 1.82 bits per heavy atom. The Labute approximate surface area is 143 Å². The van der Waals surface area contributed by atoms with Crippen molar-refractivity contribution in [3.8, 4) is 0 Å². The van der Waals surface area contributed by atoms with Gasteiger partial charge in [-0.15, -0.1) is 0 Å². The van der Waals surface area contributed by atoms with Crippen molar-refractivity contribution in [2.75, 3.05) is 0 Å². The Balaban J connectivity index is 2.23. The van der Waals surface area contributed by atoms with E-state index in [0.29, 0.717) is 10.8 Å². The normalized spacial score (nSPS) is 37.5. The van der Waals surface area contributed by atoms with Crippen molar-refractivity contribution >= 4 is 25.1 Å². The Morgan fingerprint density at radius 1 is 1.18 bits per heavy atom. The molecule has 0 aromatic carbocycles. The van der Waals surface area contributed by atoms with Gasteiger partial charge < -0.3 is 0 Å². The second-order valence-electron chi connectivity index (χ2n) is 10.8. The van der Waals surface area contributed by atoms with Crippen LogP contribution in [0.1, 0.15) is 59.8 Å². The molecular formula is C20H37BSn. The van der Waals surface area contributed by atoms with Gasteiger partial charge in [0.1, 0.15) is 0 Å². The van der Waals surface area contributed by atoms with E-state index in [-0.39, 0.29) is 0 Å². The molecule has 4 bridgehead atoms. The molecule has 22 heavy (non-hydrogen) atoms. The van der Waals surface area contributed by atoms with Crippen LogP contribution in [0.15, 0.2) is 9.06 Å². The molecule has 0 aromatic rings. The summed E-state index contributed by atoms with van der Waals surface area (Å²) in [7, 11) is 0. The van der Waals surface area contributed by atoms with Crippen molar-refractivity contribution in [1.29, 1.82) is 0 Å². The molecule has 2 heteroatoms. The van der Waals surface area contributed by atoms with Gasteiger partial charge in [0.25, 0.3) is 0 Å². The topological polar surface area (TPSA) is 0 Å². The Morgan fingerprint density at radius 3 is 2.36 bits per heavy atom. The third-order valence-electron chi connectivity index (χ3n) is 7.04. The molecular weight excluding hydrogens is 370 g/mol. The first kappa shape index (κ1) is 17.4. The monoisotopic (exact) mass is 408 g/mol. The summed E-state index contributed by atoms with van der Waals surface area (Å²) in [6.07, 6.45) is 10.6. The van der Waals surface area contributed by atoms with E-state index >= 15 is 0 Å². The van der Waals surface area contributed by atoms with Crippen LogP contribution in [0.5, 0.6) is 0 Å². The standard InChI is InChI=1S/C17H28B.3CH3.Sn/c1-5-17-7-6-13-8-14(9-17)12-18(11-13)15(17)10-16(2,3)4;;;;/h13-14H,5-9,11-12H2,1-4H3;3*1H3;/t13-,14-,17+;;;;/m1..../s1. The molecule has 124 valence electrons. The molecule has 4 rings (SSSR count). The van der Waals surface area contributed by atoms with E-state index in [9.17, 15) is 0 Å². The van der Waals surface area contributed by atoms with Crippen molar-refractivity contribution in [1.82, 2.24) is 0 Å². The molecule has 4 aliphatic rings. The molecule has 4 fully saturated rings. The van der Waals surface area contributed by atoms with Crippen LogP contribution in [-0.4, -0.2) is 25.1 Å². The van der Waals surface area contributed by atoms with Crippen molar-refractivity contribution < 1.29 is 0 Å². The van der Waals surface area contributed by atoms with E-state index < -0.39 is 18.4 Å². The molecule has 1 saturated carbocycles. The zero-order valence-electron chi connectivity index (χ0n) is 16.2. The van der Waals surface area contributed by atoms with E-state index in [0.717, 1.165) is 18.5 Å². The fraction of sp³-hybridized carbons (Fsp3) is 0.900. The SMILES string of the molecule is CC[C@]12CC[C@H]3CB(C[C@H](C3)C1)/C2=[C](\C(C)(C)C)[Sn]([CH3])([CH3])[CH3]. The Hall–Kier alpha value is 0.604. The van der Waals surface area contributed by atoms with Crippen LogP contribution in [0.2, 0.25) is 27.5 Å². The molecule has 3 saturated heterocycles.